The van der Waals surface area contributed by atoms with E-state index in [1.807, 2.05) is 0 Å². The van der Waals surface area contributed by atoms with Crippen LogP contribution in [0.1, 0.15) is 58.8 Å². The van der Waals surface area contributed by atoms with Crippen LogP contribution in [-0.4, -0.2) is 5.97 Å². The first-order valence-corrected chi connectivity index (χ1v) is 5.32. The maximum absolute atomic E-state index is 11.0. The first-order valence-electron chi connectivity index (χ1n) is 5.32. The molecule has 0 atom stereocenters. The van der Waals surface area contributed by atoms with Gasteiger partial charge in [-0.05, 0) is 19.3 Å². The molecule has 0 fully saturated rings. The fourth-order valence-electron chi connectivity index (χ4n) is 1.01. The molecule has 2 heteroatoms. The van der Waals surface area contributed by atoms with Crippen molar-refractivity contribution < 1.29 is 9.53 Å². The standard InChI is InChI=1S/C11H21O2/c1-3-5-7-8-10-13-11(12)9-6-4-2/h10H,3-9H2,1-2H3. The number of carbonyl (C=O) groups is 1. The van der Waals surface area contributed by atoms with E-state index in [0.29, 0.717) is 6.42 Å². The van der Waals surface area contributed by atoms with Gasteiger partial charge in [-0.15, -0.1) is 0 Å². The Bertz CT molecular complexity index is 121. The van der Waals surface area contributed by atoms with E-state index >= 15 is 0 Å². The predicted octanol–water partition coefficient (Wildman–Crippen LogP) is 3.46. The van der Waals surface area contributed by atoms with Gasteiger partial charge in [0.15, 0.2) is 0 Å². The summed E-state index contributed by atoms with van der Waals surface area (Å²) in [5.41, 5.74) is 0. The first-order chi connectivity index (χ1) is 6.31. The fourth-order valence-corrected chi connectivity index (χ4v) is 1.01. The Labute approximate surface area is 81.7 Å². The van der Waals surface area contributed by atoms with Crippen molar-refractivity contribution in [3.63, 3.8) is 0 Å². The van der Waals surface area contributed by atoms with Gasteiger partial charge < -0.3 is 4.74 Å². The molecule has 0 rings (SSSR count). The van der Waals surface area contributed by atoms with Gasteiger partial charge in [-0.1, -0.05) is 33.1 Å². The van der Waals surface area contributed by atoms with Crippen LogP contribution in [0.5, 0.6) is 0 Å². The topological polar surface area (TPSA) is 26.3 Å². The fraction of sp³-hybridized carbons (Fsp3) is 0.818. The van der Waals surface area contributed by atoms with E-state index < -0.39 is 0 Å². The minimum Gasteiger partial charge on any atom is -0.458 e. The highest BCUT2D eigenvalue weighted by molar-refractivity contribution is 5.69. The molecule has 0 amide bonds. The minimum atomic E-state index is -0.0849. The summed E-state index contributed by atoms with van der Waals surface area (Å²) in [6.07, 6.45) is 6.97. The second-order valence-corrected chi connectivity index (χ2v) is 3.26. The van der Waals surface area contributed by atoms with Crippen LogP contribution in [0, 0.1) is 6.61 Å². The number of carbonyl (C=O) groups excluding carboxylic acids is 1. The molecular weight excluding hydrogens is 164 g/mol. The van der Waals surface area contributed by atoms with Crippen LogP contribution in [0.25, 0.3) is 0 Å². The third-order valence-electron chi connectivity index (χ3n) is 1.87. The van der Waals surface area contributed by atoms with Gasteiger partial charge in [-0.3, -0.25) is 4.79 Å². The summed E-state index contributed by atoms with van der Waals surface area (Å²) in [6.45, 7) is 5.87. The largest absolute Gasteiger partial charge is 0.458 e. The molecule has 0 unspecified atom stereocenters. The second kappa shape index (κ2) is 9.56. The molecule has 0 heterocycles. The van der Waals surface area contributed by atoms with Crippen LogP contribution < -0.4 is 0 Å². The highest BCUT2D eigenvalue weighted by Gasteiger charge is 2.00. The highest BCUT2D eigenvalue weighted by Crippen LogP contribution is 2.04. The summed E-state index contributed by atoms with van der Waals surface area (Å²) in [5.74, 6) is -0.0849. The van der Waals surface area contributed by atoms with Gasteiger partial charge in [0.25, 0.3) is 0 Å². The van der Waals surface area contributed by atoms with E-state index in [2.05, 4.69) is 13.8 Å². The zero-order valence-corrected chi connectivity index (χ0v) is 8.84. The quantitative estimate of drug-likeness (QED) is 0.427. The normalized spacial score (nSPS) is 10.0. The van der Waals surface area contributed by atoms with Crippen molar-refractivity contribution in [2.75, 3.05) is 0 Å². The molecule has 0 saturated heterocycles. The van der Waals surface area contributed by atoms with Gasteiger partial charge in [-0.2, -0.15) is 0 Å². The first kappa shape index (κ1) is 12.5. The Hall–Kier alpha value is -0.530. The average molecular weight is 185 g/mol. The van der Waals surface area contributed by atoms with Crippen molar-refractivity contribution >= 4 is 5.97 Å². The number of ether oxygens (including phenoxy) is 1. The van der Waals surface area contributed by atoms with Gasteiger partial charge in [0, 0.05) is 6.42 Å². The van der Waals surface area contributed by atoms with E-state index in [4.69, 9.17) is 4.74 Å². The summed E-state index contributed by atoms with van der Waals surface area (Å²) in [4.78, 5) is 11.0. The summed E-state index contributed by atoms with van der Waals surface area (Å²) in [5, 5.41) is 0. The van der Waals surface area contributed by atoms with E-state index in [9.17, 15) is 4.79 Å². The number of esters is 1. The van der Waals surface area contributed by atoms with Gasteiger partial charge >= 0.3 is 5.97 Å². The Morgan fingerprint density at radius 3 is 2.46 bits per heavy atom. The molecule has 0 spiro atoms. The van der Waals surface area contributed by atoms with Crippen molar-refractivity contribution in [1.82, 2.24) is 0 Å². The van der Waals surface area contributed by atoms with Gasteiger partial charge in [0.1, 0.15) is 6.61 Å². The van der Waals surface area contributed by atoms with Crippen molar-refractivity contribution in [2.24, 2.45) is 0 Å². The number of hydrogen-bond acceptors (Lipinski definition) is 2. The zero-order valence-electron chi connectivity index (χ0n) is 8.84. The van der Waals surface area contributed by atoms with Crippen LogP contribution in [0.2, 0.25) is 0 Å². The summed E-state index contributed by atoms with van der Waals surface area (Å²) < 4.78 is 4.93. The Kier molecular flexibility index (Phi) is 9.17. The molecule has 0 aromatic carbocycles. The lowest BCUT2D eigenvalue weighted by Crippen LogP contribution is -2.01. The summed E-state index contributed by atoms with van der Waals surface area (Å²) >= 11 is 0. The third kappa shape index (κ3) is 9.38. The van der Waals surface area contributed by atoms with Gasteiger partial charge in [0.2, 0.25) is 0 Å². The highest BCUT2D eigenvalue weighted by atomic mass is 16.5. The van der Waals surface area contributed by atoms with Crippen LogP contribution in [0.4, 0.5) is 0 Å². The number of hydrogen-bond donors (Lipinski definition) is 0. The predicted molar refractivity (Wildman–Crippen MR) is 54.1 cm³/mol. The number of unbranched alkanes of at least 4 members (excludes halogenated alkanes) is 4. The maximum atomic E-state index is 11.0. The van der Waals surface area contributed by atoms with Crippen molar-refractivity contribution in [2.45, 2.75) is 58.8 Å². The van der Waals surface area contributed by atoms with Crippen LogP contribution in [-0.2, 0) is 9.53 Å². The summed E-state index contributed by atoms with van der Waals surface area (Å²) in [6, 6.07) is 0. The molecule has 0 N–H and O–H groups in total. The van der Waals surface area contributed by atoms with Crippen molar-refractivity contribution in [3.05, 3.63) is 6.61 Å². The zero-order chi connectivity index (χ0) is 9.94. The van der Waals surface area contributed by atoms with Gasteiger partial charge in [0.05, 0.1) is 0 Å². The minimum absolute atomic E-state index is 0.0849. The molecule has 0 aliphatic rings. The van der Waals surface area contributed by atoms with E-state index in [1.54, 1.807) is 6.61 Å². The molecule has 0 aliphatic carbocycles. The molecule has 0 saturated carbocycles. The maximum Gasteiger partial charge on any atom is 0.306 e. The SMILES string of the molecule is CCCCC[CH]OC(=O)CCCC. The molecule has 0 aromatic heterocycles. The average Bonchev–Trinajstić information content (AvgIpc) is 2.14. The van der Waals surface area contributed by atoms with Crippen molar-refractivity contribution in [1.29, 1.82) is 0 Å². The molecule has 1 radical (unpaired) electrons. The summed E-state index contributed by atoms with van der Waals surface area (Å²) in [7, 11) is 0. The lowest BCUT2D eigenvalue weighted by molar-refractivity contribution is -0.140. The lowest BCUT2D eigenvalue weighted by Gasteiger charge is -2.02. The Morgan fingerprint density at radius 2 is 1.85 bits per heavy atom. The molecule has 77 valence electrons. The molecule has 13 heavy (non-hydrogen) atoms. The lowest BCUT2D eigenvalue weighted by atomic mass is 10.2. The number of rotatable bonds is 8. The molecule has 2 nitrogen and oxygen atoms in total. The molecule has 0 bridgehead atoms. The Balaban J connectivity index is 3.08. The third-order valence-corrected chi connectivity index (χ3v) is 1.87. The van der Waals surface area contributed by atoms with Crippen molar-refractivity contribution in [3.8, 4) is 0 Å². The molecular formula is C11H21O2. The van der Waals surface area contributed by atoms with Gasteiger partial charge in [-0.25, -0.2) is 0 Å². The van der Waals surface area contributed by atoms with Crippen LogP contribution in [0.15, 0.2) is 0 Å². The smallest absolute Gasteiger partial charge is 0.306 e. The molecule has 0 aliphatic heterocycles. The second-order valence-electron chi connectivity index (χ2n) is 3.26. The van der Waals surface area contributed by atoms with E-state index in [1.165, 1.54) is 12.8 Å². The van der Waals surface area contributed by atoms with E-state index in [0.717, 1.165) is 25.7 Å². The van der Waals surface area contributed by atoms with Crippen LogP contribution >= 0.6 is 0 Å². The van der Waals surface area contributed by atoms with E-state index in [-0.39, 0.29) is 5.97 Å². The monoisotopic (exact) mass is 185 g/mol. The Morgan fingerprint density at radius 1 is 1.15 bits per heavy atom. The molecule has 0 aromatic rings. The van der Waals surface area contributed by atoms with Crippen LogP contribution in [0.3, 0.4) is 0 Å².